The van der Waals surface area contributed by atoms with Crippen molar-refractivity contribution in [2.45, 2.75) is 37.8 Å². The minimum Gasteiger partial charge on any atom is -0.393 e. The van der Waals surface area contributed by atoms with Crippen molar-refractivity contribution < 1.29 is 9.90 Å². The van der Waals surface area contributed by atoms with Crippen LogP contribution in [0.1, 0.15) is 35.4 Å². The molecule has 1 amide bonds. The minimum atomic E-state index is -0.228. The molecule has 0 radical (unpaired) electrons. The van der Waals surface area contributed by atoms with Crippen molar-refractivity contribution in [3.63, 3.8) is 0 Å². The molecule has 9 heteroatoms. The Labute approximate surface area is 177 Å². The van der Waals surface area contributed by atoms with E-state index in [1.807, 2.05) is 37.1 Å². The van der Waals surface area contributed by atoms with Crippen LogP contribution in [0.3, 0.4) is 0 Å². The summed E-state index contributed by atoms with van der Waals surface area (Å²) in [5.41, 5.74) is 4.49. The van der Waals surface area contributed by atoms with E-state index in [9.17, 15) is 9.90 Å². The second kappa shape index (κ2) is 7.66. The van der Waals surface area contributed by atoms with Gasteiger partial charge in [-0.25, -0.2) is 9.50 Å². The molecule has 0 saturated heterocycles. The Morgan fingerprint density at radius 2 is 1.90 bits per heavy atom. The van der Waals surface area contributed by atoms with Gasteiger partial charge in [0.25, 0.3) is 5.91 Å². The van der Waals surface area contributed by atoms with Gasteiger partial charge in [0.2, 0.25) is 0 Å². The lowest BCUT2D eigenvalue weighted by Gasteiger charge is -2.25. The van der Waals surface area contributed by atoms with Gasteiger partial charge < -0.3 is 10.4 Å². The quantitative estimate of drug-likeness (QED) is 0.527. The standard InChI is InChI=1S/C21H22N6O2S/c1-26-10-15(8-23-26)14-7-22-20-18(9-24-27(20)11-14)13-6-19(30-12-13)21(29)25-16-2-4-17(28)5-3-16/h6-12,16-17,28H,2-5H2,1H3,(H,25,29)/t16-,17+. The maximum Gasteiger partial charge on any atom is 0.261 e. The molecule has 1 saturated carbocycles. The molecule has 30 heavy (non-hydrogen) atoms. The lowest BCUT2D eigenvalue weighted by molar-refractivity contribution is 0.0871. The van der Waals surface area contributed by atoms with Gasteiger partial charge in [0.1, 0.15) is 0 Å². The highest BCUT2D eigenvalue weighted by Crippen LogP contribution is 2.29. The molecule has 4 aromatic heterocycles. The van der Waals surface area contributed by atoms with Crippen molar-refractivity contribution in [1.82, 2.24) is 29.7 Å². The van der Waals surface area contributed by atoms with Gasteiger partial charge in [0.05, 0.1) is 23.4 Å². The topological polar surface area (TPSA) is 97.3 Å². The van der Waals surface area contributed by atoms with Crippen LogP contribution >= 0.6 is 11.3 Å². The number of hydrogen-bond donors (Lipinski definition) is 2. The number of hydrogen-bond acceptors (Lipinski definition) is 6. The predicted molar refractivity (Wildman–Crippen MR) is 114 cm³/mol. The molecule has 4 aromatic rings. The van der Waals surface area contributed by atoms with Gasteiger partial charge >= 0.3 is 0 Å². The number of aryl methyl sites for hydroxylation is 1. The molecule has 154 valence electrons. The number of thiophene rings is 1. The van der Waals surface area contributed by atoms with Crippen molar-refractivity contribution >= 4 is 22.9 Å². The molecular formula is C21H22N6O2S. The molecule has 1 aliphatic rings. The van der Waals surface area contributed by atoms with Crippen LogP contribution in [0.25, 0.3) is 27.9 Å². The number of aliphatic hydroxyl groups excluding tert-OH is 1. The van der Waals surface area contributed by atoms with Crippen LogP contribution in [-0.2, 0) is 7.05 Å². The van der Waals surface area contributed by atoms with Crippen LogP contribution < -0.4 is 5.32 Å². The number of fused-ring (bicyclic) bond motifs is 1. The molecule has 0 atom stereocenters. The summed E-state index contributed by atoms with van der Waals surface area (Å²) in [6, 6.07) is 2.03. The Balaban J connectivity index is 1.36. The van der Waals surface area contributed by atoms with Crippen LogP contribution in [0.15, 0.2) is 42.4 Å². The van der Waals surface area contributed by atoms with Gasteiger partial charge in [0.15, 0.2) is 5.65 Å². The first-order valence-electron chi connectivity index (χ1n) is 9.97. The summed E-state index contributed by atoms with van der Waals surface area (Å²) in [4.78, 5) is 17.9. The molecular weight excluding hydrogens is 400 g/mol. The fraction of sp³-hybridized carbons (Fsp3) is 0.333. The largest absolute Gasteiger partial charge is 0.393 e. The summed E-state index contributed by atoms with van der Waals surface area (Å²) in [6.07, 6.45) is 12.2. The van der Waals surface area contributed by atoms with E-state index < -0.39 is 0 Å². The highest BCUT2D eigenvalue weighted by molar-refractivity contribution is 7.12. The zero-order valence-corrected chi connectivity index (χ0v) is 17.3. The minimum absolute atomic E-state index is 0.0593. The fourth-order valence-electron chi connectivity index (χ4n) is 3.87. The van der Waals surface area contributed by atoms with E-state index in [1.54, 1.807) is 21.6 Å². The van der Waals surface area contributed by atoms with Crippen LogP contribution in [-0.4, -0.2) is 47.5 Å². The third kappa shape index (κ3) is 3.61. The van der Waals surface area contributed by atoms with Crippen molar-refractivity contribution in [1.29, 1.82) is 0 Å². The number of nitrogens with zero attached hydrogens (tertiary/aromatic N) is 5. The Morgan fingerprint density at radius 1 is 1.10 bits per heavy atom. The van der Waals surface area contributed by atoms with Crippen LogP contribution in [0.4, 0.5) is 0 Å². The normalized spacial score (nSPS) is 19.3. The van der Waals surface area contributed by atoms with Crippen LogP contribution in [0, 0.1) is 0 Å². The Morgan fingerprint density at radius 3 is 2.67 bits per heavy atom. The smallest absolute Gasteiger partial charge is 0.261 e. The van der Waals surface area contributed by atoms with Crippen molar-refractivity contribution in [3.05, 3.63) is 47.3 Å². The van der Waals surface area contributed by atoms with Gasteiger partial charge in [-0.15, -0.1) is 11.3 Å². The second-order valence-corrected chi connectivity index (χ2v) is 8.66. The summed E-state index contributed by atoms with van der Waals surface area (Å²) in [6.45, 7) is 0. The molecule has 0 unspecified atom stereocenters. The maximum absolute atomic E-state index is 12.6. The van der Waals surface area contributed by atoms with Crippen LogP contribution in [0.2, 0.25) is 0 Å². The van der Waals surface area contributed by atoms with E-state index in [0.29, 0.717) is 4.88 Å². The van der Waals surface area contributed by atoms with Crippen molar-refractivity contribution in [2.24, 2.45) is 7.05 Å². The average Bonchev–Trinajstić information content (AvgIpc) is 3.48. The Kier molecular flexibility index (Phi) is 4.84. The number of rotatable bonds is 4. The third-order valence-electron chi connectivity index (χ3n) is 5.56. The van der Waals surface area contributed by atoms with Crippen molar-refractivity contribution in [3.8, 4) is 22.3 Å². The number of aliphatic hydroxyl groups is 1. The average molecular weight is 423 g/mol. The maximum atomic E-state index is 12.6. The first-order chi connectivity index (χ1) is 14.6. The SMILES string of the molecule is Cn1cc(-c2cnc3c(-c4csc(C(=O)N[C@H]5CC[C@@H](O)CC5)c4)cnn3c2)cn1. The second-order valence-electron chi connectivity index (χ2n) is 7.75. The molecule has 0 spiro atoms. The van der Waals surface area contributed by atoms with E-state index in [0.717, 1.165) is 53.6 Å². The fourth-order valence-corrected chi connectivity index (χ4v) is 4.68. The summed E-state index contributed by atoms with van der Waals surface area (Å²) >= 11 is 1.42. The number of amides is 1. The Hall–Kier alpha value is -3.04. The third-order valence-corrected chi connectivity index (χ3v) is 6.49. The summed E-state index contributed by atoms with van der Waals surface area (Å²) in [7, 11) is 1.88. The molecule has 1 aliphatic carbocycles. The van der Waals surface area contributed by atoms with Gasteiger partial charge in [-0.2, -0.15) is 10.2 Å². The number of carbonyl (C=O) groups excluding carboxylic acids is 1. The zero-order chi connectivity index (χ0) is 20.7. The van der Waals surface area contributed by atoms with E-state index >= 15 is 0 Å². The molecule has 8 nitrogen and oxygen atoms in total. The highest BCUT2D eigenvalue weighted by Gasteiger charge is 2.22. The summed E-state index contributed by atoms with van der Waals surface area (Å²) < 4.78 is 3.50. The summed E-state index contributed by atoms with van der Waals surface area (Å²) in [5.74, 6) is -0.0593. The van der Waals surface area contributed by atoms with Crippen molar-refractivity contribution in [2.75, 3.05) is 0 Å². The molecule has 5 rings (SSSR count). The van der Waals surface area contributed by atoms with Gasteiger partial charge in [-0.05, 0) is 42.7 Å². The van der Waals surface area contributed by atoms with Gasteiger partial charge in [0, 0.05) is 48.4 Å². The Bertz CT molecular complexity index is 1200. The van der Waals surface area contributed by atoms with Gasteiger partial charge in [-0.3, -0.25) is 9.48 Å². The molecule has 0 aromatic carbocycles. The first-order valence-corrected chi connectivity index (χ1v) is 10.8. The lowest BCUT2D eigenvalue weighted by atomic mass is 9.93. The molecule has 4 heterocycles. The van der Waals surface area contributed by atoms with E-state index in [-0.39, 0.29) is 18.1 Å². The molecule has 0 aliphatic heterocycles. The number of carbonyl (C=O) groups is 1. The highest BCUT2D eigenvalue weighted by atomic mass is 32.1. The number of nitrogens with one attached hydrogen (secondary N) is 1. The van der Waals surface area contributed by atoms with E-state index in [1.165, 1.54) is 11.3 Å². The van der Waals surface area contributed by atoms with Crippen LogP contribution in [0.5, 0.6) is 0 Å². The van der Waals surface area contributed by atoms with Gasteiger partial charge in [-0.1, -0.05) is 0 Å². The zero-order valence-electron chi connectivity index (χ0n) is 16.5. The molecule has 1 fully saturated rings. The monoisotopic (exact) mass is 422 g/mol. The van der Waals surface area contributed by atoms with E-state index in [4.69, 9.17) is 0 Å². The van der Waals surface area contributed by atoms with E-state index in [2.05, 4.69) is 20.5 Å². The first kappa shape index (κ1) is 19.0. The molecule has 0 bridgehead atoms. The summed E-state index contributed by atoms with van der Waals surface area (Å²) in [5, 5.41) is 23.3. The molecule has 2 N–H and O–H groups in total. The predicted octanol–water partition coefficient (Wildman–Crippen LogP) is 2.89. The number of aromatic nitrogens is 5. The lowest BCUT2D eigenvalue weighted by Crippen LogP contribution is -2.38.